The Morgan fingerprint density at radius 2 is 1.68 bits per heavy atom. The van der Waals surface area contributed by atoms with E-state index in [1.165, 1.54) is 4.90 Å². The summed E-state index contributed by atoms with van der Waals surface area (Å²) >= 11 is 6.05. The van der Waals surface area contributed by atoms with Gasteiger partial charge in [-0.3, -0.25) is 14.5 Å². The highest BCUT2D eigenvalue weighted by molar-refractivity contribution is 6.30. The number of hydrogen-bond donors (Lipinski definition) is 0. The molecule has 2 aromatic rings. The first-order valence-corrected chi connectivity index (χ1v) is 7.74. The third-order valence-electron chi connectivity index (χ3n) is 4.56. The third-order valence-corrected chi connectivity index (χ3v) is 4.87. The molecule has 110 valence electrons. The van der Waals surface area contributed by atoms with Gasteiger partial charge < -0.3 is 0 Å². The Kier molecular flexibility index (Phi) is 3.05. The molecule has 2 aliphatic rings. The standard InChI is InChI=1S/C18H14ClNO2/c19-13-6-8-15-16(10-13)18(22)20(17(15)21)14-7-5-11-3-1-2-4-12(11)9-14/h1-7,9,15-16H,8,10H2/t15-,16+/m1/s1. The van der Waals surface area contributed by atoms with E-state index in [1.54, 1.807) is 0 Å². The summed E-state index contributed by atoms with van der Waals surface area (Å²) in [6.45, 7) is 0. The lowest BCUT2D eigenvalue weighted by molar-refractivity contribution is -0.122. The molecule has 1 aliphatic carbocycles. The first-order valence-electron chi connectivity index (χ1n) is 7.36. The van der Waals surface area contributed by atoms with Gasteiger partial charge in [0.2, 0.25) is 11.8 Å². The van der Waals surface area contributed by atoms with Crippen LogP contribution < -0.4 is 4.90 Å². The zero-order chi connectivity index (χ0) is 15.3. The molecule has 0 spiro atoms. The Balaban J connectivity index is 1.75. The maximum atomic E-state index is 12.7. The Hall–Kier alpha value is -2.13. The van der Waals surface area contributed by atoms with Gasteiger partial charge in [0.25, 0.3) is 0 Å². The summed E-state index contributed by atoms with van der Waals surface area (Å²) in [4.78, 5) is 26.6. The molecule has 0 saturated carbocycles. The molecule has 0 radical (unpaired) electrons. The van der Waals surface area contributed by atoms with Crippen molar-refractivity contribution in [2.75, 3.05) is 4.90 Å². The summed E-state index contributed by atoms with van der Waals surface area (Å²) in [7, 11) is 0. The normalized spacial score (nSPS) is 24.6. The van der Waals surface area contributed by atoms with Crippen LogP contribution in [0.25, 0.3) is 10.8 Å². The molecule has 1 aliphatic heterocycles. The van der Waals surface area contributed by atoms with Gasteiger partial charge in [-0.05, 0) is 35.7 Å². The van der Waals surface area contributed by atoms with Crippen molar-refractivity contribution in [2.45, 2.75) is 12.8 Å². The molecule has 1 heterocycles. The first kappa shape index (κ1) is 13.5. The first-order chi connectivity index (χ1) is 10.6. The van der Waals surface area contributed by atoms with Gasteiger partial charge in [-0.15, -0.1) is 0 Å². The lowest BCUT2D eigenvalue weighted by atomic mass is 9.85. The van der Waals surface area contributed by atoms with Gasteiger partial charge in [-0.2, -0.15) is 0 Å². The van der Waals surface area contributed by atoms with Gasteiger partial charge in [-0.1, -0.05) is 48.0 Å². The van der Waals surface area contributed by atoms with E-state index in [2.05, 4.69) is 0 Å². The molecular weight excluding hydrogens is 298 g/mol. The number of carbonyl (C=O) groups is 2. The summed E-state index contributed by atoms with van der Waals surface area (Å²) < 4.78 is 0. The molecule has 0 aromatic heterocycles. The molecule has 1 fully saturated rings. The van der Waals surface area contributed by atoms with E-state index in [0.717, 1.165) is 10.8 Å². The fourth-order valence-corrected chi connectivity index (χ4v) is 3.65. The third kappa shape index (κ3) is 1.97. The number of halogens is 1. The Morgan fingerprint density at radius 3 is 2.50 bits per heavy atom. The fraction of sp³-hybridized carbons (Fsp3) is 0.222. The zero-order valence-electron chi connectivity index (χ0n) is 11.8. The van der Waals surface area contributed by atoms with Crippen LogP contribution in [0.5, 0.6) is 0 Å². The number of imide groups is 1. The number of allylic oxidation sites excluding steroid dienone is 2. The molecule has 2 amide bonds. The largest absolute Gasteiger partial charge is 0.274 e. The van der Waals surface area contributed by atoms with Crippen LogP contribution in [0.3, 0.4) is 0 Å². The van der Waals surface area contributed by atoms with Crippen molar-refractivity contribution < 1.29 is 9.59 Å². The zero-order valence-corrected chi connectivity index (χ0v) is 12.6. The second-order valence-corrected chi connectivity index (χ2v) is 6.33. The van der Waals surface area contributed by atoms with Crippen molar-refractivity contribution in [1.29, 1.82) is 0 Å². The number of nitrogens with zero attached hydrogens (tertiary/aromatic N) is 1. The van der Waals surface area contributed by atoms with Crippen LogP contribution >= 0.6 is 11.6 Å². The summed E-state index contributed by atoms with van der Waals surface area (Å²) in [5.41, 5.74) is 0.652. The maximum Gasteiger partial charge on any atom is 0.238 e. The Bertz CT molecular complexity index is 827. The summed E-state index contributed by atoms with van der Waals surface area (Å²) in [6, 6.07) is 13.6. The molecule has 4 heteroatoms. The average Bonchev–Trinajstić information content (AvgIpc) is 2.78. The molecule has 2 aromatic carbocycles. The summed E-state index contributed by atoms with van der Waals surface area (Å²) in [6.07, 6.45) is 2.89. The highest BCUT2D eigenvalue weighted by Gasteiger charge is 2.48. The predicted molar refractivity (Wildman–Crippen MR) is 86.6 cm³/mol. The van der Waals surface area contributed by atoms with E-state index in [9.17, 15) is 9.59 Å². The van der Waals surface area contributed by atoms with E-state index in [-0.39, 0.29) is 23.7 Å². The van der Waals surface area contributed by atoms with Crippen LogP contribution in [-0.2, 0) is 9.59 Å². The predicted octanol–water partition coefficient (Wildman–Crippen LogP) is 3.86. The van der Waals surface area contributed by atoms with Crippen LogP contribution in [-0.4, -0.2) is 11.8 Å². The van der Waals surface area contributed by atoms with E-state index < -0.39 is 0 Å². The van der Waals surface area contributed by atoms with E-state index >= 15 is 0 Å². The van der Waals surface area contributed by atoms with E-state index in [1.807, 2.05) is 48.5 Å². The summed E-state index contributed by atoms with van der Waals surface area (Å²) in [5.74, 6) is -0.805. The number of amides is 2. The highest BCUT2D eigenvalue weighted by Crippen LogP contribution is 2.41. The minimum atomic E-state index is -0.309. The Labute approximate surface area is 133 Å². The number of anilines is 1. The molecule has 1 saturated heterocycles. The number of fused-ring (bicyclic) bond motifs is 2. The SMILES string of the molecule is O=C1[C@H]2CC(Cl)=CC[C@H]2C(=O)N1c1ccc2ccccc2c1. The van der Waals surface area contributed by atoms with Crippen molar-refractivity contribution >= 4 is 39.9 Å². The van der Waals surface area contributed by atoms with Crippen LogP contribution in [0.1, 0.15) is 12.8 Å². The summed E-state index contributed by atoms with van der Waals surface area (Å²) in [5, 5.41) is 2.79. The molecule has 0 bridgehead atoms. The number of hydrogen-bond acceptors (Lipinski definition) is 2. The van der Waals surface area contributed by atoms with Gasteiger partial charge in [0, 0.05) is 5.03 Å². The van der Waals surface area contributed by atoms with Gasteiger partial charge >= 0.3 is 0 Å². The van der Waals surface area contributed by atoms with Gasteiger partial charge in [0.15, 0.2) is 0 Å². The number of rotatable bonds is 1. The second kappa shape index (κ2) is 4.96. The molecule has 3 nitrogen and oxygen atoms in total. The molecule has 0 unspecified atom stereocenters. The molecule has 4 rings (SSSR count). The molecule has 2 atom stereocenters. The van der Waals surface area contributed by atoms with Gasteiger partial charge in [0.05, 0.1) is 17.5 Å². The lowest BCUT2D eigenvalue weighted by Gasteiger charge is -2.17. The minimum Gasteiger partial charge on any atom is -0.274 e. The topological polar surface area (TPSA) is 37.4 Å². The average molecular weight is 312 g/mol. The van der Waals surface area contributed by atoms with Crippen LogP contribution in [0.4, 0.5) is 5.69 Å². The van der Waals surface area contributed by atoms with Crippen molar-refractivity contribution in [2.24, 2.45) is 11.8 Å². The van der Waals surface area contributed by atoms with Crippen molar-refractivity contribution in [3.05, 3.63) is 53.6 Å². The lowest BCUT2D eigenvalue weighted by Crippen LogP contribution is -2.30. The van der Waals surface area contributed by atoms with E-state index in [4.69, 9.17) is 11.6 Å². The Morgan fingerprint density at radius 1 is 0.955 bits per heavy atom. The van der Waals surface area contributed by atoms with Crippen molar-refractivity contribution in [1.82, 2.24) is 0 Å². The quantitative estimate of drug-likeness (QED) is 0.750. The number of carbonyl (C=O) groups excluding carboxylic acids is 2. The highest BCUT2D eigenvalue weighted by atomic mass is 35.5. The van der Waals surface area contributed by atoms with Crippen molar-refractivity contribution in [3.63, 3.8) is 0 Å². The van der Waals surface area contributed by atoms with Gasteiger partial charge in [0.1, 0.15) is 0 Å². The molecule has 22 heavy (non-hydrogen) atoms. The number of benzene rings is 2. The van der Waals surface area contributed by atoms with Crippen LogP contribution in [0.15, 0.2) is 53.6 Å². The molecular formula is C18H14ClNO2. The smallest absolute Gasteiger partial charge is 0.238 e. The monoisotopic (exact) mass is 311 g/mol. The maximum absolute atomic E-state index is 12.7. The van der Waals surface area contributed by atoms with Crippen LogP contribution in [0, 0.1) is 11.8 Å². The fourth-order valence-electron chi connectivity index (χ4n) is 3.40. The van der Waals surface area contributed by atoms with E-state index in [0.29, 0.717) is 23.6 Å². The van der Waals surface area contributed by atoms with Crippen LogP contribution in [0.2, 0.25) is 0 Å². The van der Waals surface area contributed by atoms with Crippen molar-refractivity contribution in [3.8, 4) is 0 Å². The van der Waals surface area contributed by atoms with Gasteiger partial charge in [-0.25, -0.2) is 0 Å². The molecule has 0 N–H and O–H groups in total. The second-order valence-electron chi connectivity index (χ2n) is 5.85. The minimum absolute atomic E-state index is 0.106.